The van der Waals surface area contributed by atoms with Gasteiger partial charge in [-0.15, -0.1) is 5.56 Å². The molecule has 24 heavy (non-hydrogen) atoms. The van der Waals surface area contributed by atoms with E-state index in [0.717, 1.165) is 6.42 Å². The third-order valence-corrected chi connectivity index (χ3v) is 3.17. The van der Waals surface area contributed by atoms with Crippen LogP contribution in [0.15, 0.2) is 72.8 Å². The minimum absolute atomic E-state index is 0. The Morgan fingerprint density at radius 1 is 0.917 bits per heavy atom. The van der Waals surface area contributed by atoms with Crippen LogP contribution >= 0.6 is 0 Å². The van der Waals surface area contributed by atoms with Crippen molar-refractivity contribution in [2.24, 2.45) is 0 Å². The van der Waals surface area contributed by atoms with Crippen molar-refractivity contribution in [1.82, 2.24) is 0 Å². The summed E-state index contributed by atoms with van der Waals surface area (Å²) in [6, 6.07) is 28.1. The second-order valence-electron chi connectivity index (χ2n) is 5.36. The summed E-state index contributed by atoms with van der Waals surface area (Å²) in [6.07, 6.45) is 1.05. The Morgan fingerprint density at radius 3 is 2.08 bits per heavy atom. The van der Waals surface area contributed by atoms with Crippen molar-refractivity contribution < 1.29 is 46.4 Å². The molecule has 4 rings (SSSR count). The second kappa shape index (κ2) is 13.1. The van der Waals surface area contributed by atoms with Gasteiger partial charge in [-0.1, -0.05) is 35.4 Å². The van der Waals surface area contributed by atoms with Gasteiger partial charge in [0, 0.05) is 0 Å². The summed E-state index contributed by atoms with van der Waals surface area (Å²) in [5.41, 5.74) is 5.51. The molecular formula is C20H20Cl2GeZr-2. The Kier molecular flexibility index (Phi) is 12.9. The fourth-order valence-corrected chi connectivity index (χ4v) is 2.32. The van der Waals surface area contributed by atoms with Gasteiger partial charge in [0.05, 0.1) is 0 Å². The standard InChI is InChI=1S/C13H9.C5H5.C2H6Ge.2ClH.Zr/c1-3-7-12-10(5-1)9-11-6-2-4-8-13(11)12;1-2-4-5-3-1;1-3-2;;;/h1-5,7-8H,9H2;1-5H;1-2H3;2*1H;/q2*-1;;;;+2/p-2. The molecule has 4 heteroatoms. The van der Waals surface area contributed by atoms with Crippen LogP contribution in [-0.2, 0) is 28.0 Å². The monoisotopic (exact) mass is 494 g/mol. The molecule has 0 N–H and O–H groups in total. The van der Waals surface area contributed by atoms with Crippen molar-refractivity contribution in [2.75, 3.05) is 0 Å². The van der Waals surface area contributed by atoms with Crippen LogP contribution < -0.4 is 24.8 Å². The molecule has 0 spiro atoms. The van der Waals surface area contributed by atoms with E-state index in [4.69, 9.17) is 0 Å². The molecule has 3 aromatic rings. The van der Waals surface area contributed by atoms with Gasteiger partial charge in [-0.2, -0.15) is 48.0 Å². The van der Waals surface area contributed by atoms with Gasteiger partial charge in [-0.05, 0) is 6.42 Å². The van der Waals surface area contributed by atoms with Crippen LogP contribution in [0.3, 0.4) is 0 Å². The van der Waals surface area contributed by atoms with E-state index in [1.165, 1.54) is 22.3 Å². The number of hydrogen-bond acceptors (Lipinski definition) is 0. The average Bonchev–Trinajstić information content (AvgIpc) is 3.18. The third kappa shape index (κ3) is 7.79. The van der Waals surface area contributed by atoms with E-state index in [0.29, 0.717) is 0 Å². The summed E-state index contributed by atoms with van der Waals surface area (Å²) in [5.74, 6) is 4.75. The topological polar surface area (TPSA) is 0 Å². The summed E-state index contributed by atoms with van der Waals surface area (Å²) in [6.45, 7) is 0. The van der Waals surface area contributed by atoms with Gasteiger partial charge in [0.2, 0.25) is 0 Å². The molecule has 0 heterocycles. The van der Waals surface area contributed by atoms with Crippen molar-refractivity contribution in [3.8, 4) is 11.1 Å². The molecule has 0 atom stereocenters. The van der Waals surface area contributed by atoms with Gasteiger partial charge in [0.15, 0.2) is 0 Å². The van der Waals surface area contributed by atoms with E-state index < -0.39 is 0 Å². The van der Waals surface area contributed by atoms with E-state index >= 15 is 0 Å². The summed E-state index contributed by atoms with van der Waals surface area (Å²) in [5, 5.41) is 0. The molecular weight excluding hydrogens is 475 g/mol. The van der Waals surface area contributed by atoms with E-state index in [1.54, 1.807) is 21.6 Å². The molecule has 0 radical (unpaired) electrons. The van der Waals surface area contributed by atoms with Gasteiger partial charge < -0.3 is 24.8 Å². The molecule has 3 aromatic carbocycles. The summed E-state index contributed by atoms with van der Waals surface area (Å²) in [7, 11) is -0.243. The predicted octanol–water partition coefficient (Wildman–Crippen LogP) is -0.744. The predicted molar refractivity (Wildman–Crippen MR) is 93.0 cm³/mol. The minimum atomic E-state index is -0.243. The number of rotatable bonds is 0. The van der Waals surface area contributed by atoms with Crippen molar-refractivity contribution in [1.29, 1.82) is 0 Å². The first-order valence-electron chi connectivity index (χ1n) is 7.45. The van der Waals surface area contributed by atoms with Crippen molar-refractivity contribution in [3.63, 3.8) is 0 Å². The van der Waals surface area contributed by atoms with E-state index in [2.05, 4.69) is 54.0 Å². The molecule has 0 fully saturated rings. The SMILES string of the molecule is [CH3][Ge]([CH3])=[Zr+2].[Cl-].[Cl-].[c-]1cccc2c1Cc1ccccc1-2.c1cc[cH-]c1. The molecule has 0 aromatic heterocycles. The fourth-order valence-electron chi connectivity index (χ4n) is 2.32. The van der Waals surface area contributed by atoms with Crippen LogP contribution in [0.1, 0.15) is 11.1 Å². The average molecular weight is 495 g/mol. The molecule has 0 nitrogen and oxygen atoms in total. The van der Waals surface area contributed by atoms with Crippen molar-refractivity contribution in [3.05, 3.63) is 90.0 Å². The van der Waals surface area contributed by atoms with E-state index in [9.17, 15) is 0 Å². The Balaban J connectivity index is 0.000000409. The Bertz CT molecular complexity index is 659. The normalized spacial score (nSPS) is 9.50. The largest absolute Gasteiger partial charge is 1.00 e. The van der Waals surface area contributed by atoms with Crippen LogP contribution in [0.4, 0.5) is 0 Å². The van der Waals surface area contributed by atoms with Gasteiger partial charge >= 0.3 is 43.1 Å². The number of halogens is 2. The zero-order chi connectivity index (χ0) is 15.8. The maximum absolute atomic E-state index is 3.30. The third-order valence-electron chi connectivity index (χ3n) is 3.17. The molecule has 1 aliphatic carbocycles. The molecule has 0 saturated carbocycles. The number of hydrogen-bond donors (Lipinski definition) is 0. The second-order valence-corrected chi connectivity index (χ2v) is 22.3. The van der Waals surface area contributed by atoms with E-state index in [1.807, 2.05) is 36.4 Å². The van der Waals surface area contributed by atoms with Gasteiger partial charge in [-0.3, -0.25) is 0 Å². The maximum Gasteiger partial charge on any atom is -0.0253 e. The Morgan fingerprint density at radius 2 is 1.50 bits per heavy atom. The quantitative estimate of drug-likeness (QED) is 0.223. The molecule has 0 saturated heterocycles. The van der Waals surface area contributed by atoms with Gasteiger partial charge in [0.1, 0.15) is 0 Å². The van der Waals surface area contributed by atoms with Crippen LogP contribution in [0.25, 0.3) is 11.1 Å². The summed E-state index contributed by atoms with van der Waals surface area (Å²) < 4.78 is 0. The first-order chi connectivity index (χ1) is 10.7. The summed E-state index contributed by atoms with van der Waals surface area (Å²) in [4.78, 5) is 0. The van der Waals surface area contributed by atoms with Crippen molar-refractivity contribution in [2.45, 2.75) is 17.9 Å². The first kappa shape index (κ1) is 23.8. The molecule has 1 aliphatic rings. The number of benzene rings is 2. The summed E-state index contributed by atoms with van der Waals surface area (Å²) >= 11 is 1.80. The molecule has 124 valence electrons. The molecule has 0 amide bonds. The molecule has 0 aliphatic heterocycles. The van der Waals surface area contributed by atoms with Crippen LogP contribution in [0.5, 0.6) is 0 Å². The molecule has 0 unspecified atom stereocenters. The smallest absolute Gasteiger partial charge is 0.0253 e. The van der Waals surface area contributed by atoms with Crippen LogP contribution in [0, 0.1) is 6.07 Å². The number of fused-ring (bicyclic) bond motifs is 3. The Labute approximate surface area is 174 Å². The van der Waals surface area contributed by atoms with Crippen LogP contribution in [0.2, 0.25) is 11.5 Å². The fraction of sp³-hybridized carbons (Fsp3) is 0.150. The molecule has 0 bridgehead atoms. The first-order valence-corrected chi connectivity index (χ1v) is 19.1. The zero-order valence-electron chi connectivity index (χ0n) is 13.9. The van der Waals surface area contributed by atoms with E-state index in [-0.39, 0.29) is 34.8 Å². The Hall–Kier alpha value is -0.204. The maximum atomic E-state index is 3.30. The van der Waals surface area contributed by atoms with Crippen molar-refractivity contribution >= 4 is 9.98 Å². The zero-order valence-corrected chi connectivity index (χ0v) is 20.0. The van der Waals surface area contributed by atoms with Gasteiger partial charge in [0.25, 0.3) is 0 Å². The minimum Gasteiger partial charge on any atom is -1.00 e. The van der Waals surface area contributed by atoms with Crippen LogP contribution in [-0.4, -0.2) is 9.98 Å². The van der Waals surface area contributed by atoms with Gasteiger partial charge in [-0.25, -0.2) is 12.1 Å².